The van der Waals surface area contributed by atoms with Crippen LogP contribution in [-0.2, 0) is 9.53 Å². The van der Waals surface area contributed by atoms with Gasteiger partial charge in [-0.15, -0.1) is 0 Å². The Morgan fingerprint density at radius 1 is 1.56 bits per heavy atom. The van der Waals surface area contributed by atoms with Crippen LogP contribution in [0.1, 0.15) is 19.3 Å². The van der Waals surface area contributed by atoms with Gasteiger partial charge in [0.15, 0.2) is 6.23 Å². The summed E-state index contributed by atoms with van der Waals surface area (Å²) in [7, 11) is 0. The Bertz CT molecular complexity index is 89.1. The molecular weight excluding hydrogens is 118 g/mol. The van der Waals surface area contributed by atoms with Gasteiger partial charge in [-0.25, -0.2) is 0 Å². The highest BCUT2D eigenvalue weighted by molar-refractivity contribution is 5.37. The molecule has 0 radical (unpaired) electrons. The Morgan fingerprint density at radius 3 is 3.00 bits per heavy atom. The van der Waals surface area contributed by atoms with Gasteiger partial charge in [-0.2, -0.15) is 0 Å². The van der Waals surface area contributed by atoms with E-state index in [2.05, 4.69) is 5.32 Å². The first-order valence-electron chi connectivity index (χ1n) is 3.26. The van der Waals surface area contributed by atoms with Gasteiger partial charge in [-0.05, 0) is 25.8 Å². The van der Waals surface area contributed by atoms with Gasteiger partial charge in [0.2, 0.25) is 0 Å². The van der Waals surface area contributed by atoms with Gasteiger partial charge >= 0.3 is 0 Å². The molecule has 1 fully saturated rings. The first-order valence-corrected chi connectivity index (χ1v) is 3.26. The molecule has 1 N–H and O–H groups in total. The molecule has 0 aromatic heterocycles. The summed E-state index contributed by atoms with van der Waals surface area (Å²) in [6, 6.07) is 0. The van der Waals surface area contributed by atoms with Crippen LogP contribution in [0.4, 0.5) is 0 Å². The number of carbonyl (C=O) groups excluding carboxylic acids is 1. The molecule has 1 aliphatic heterocycles. The number of rotatable bonds is 2. The van der Waals surface area contributed by atoms with E-state index in [1.165, 1.54) is 6.42 Å². The van der Waals surface area contributed by atoms with Crippen molar-refractivity contribution in [2.24, 2.45) is 0 Å². The van der Waals surface area contributed by atoms with E-state index in [1.807, 2.05) is 0 Å². The number of ether oxygens (including phenoxy) is 1. The molecule has 9 heavy (non-hydrogen) atoms. The zero-order chi connectivity index (χ0) is 6.53. The third-order valence-electron chi connectivity index (χ3n) is 1.48. The van der Waals surface area contributed by atoms with Crippen LogP contribution < -0.4 is 5.32 Å². The van der Waals surface area contributed by atoms with Crippen LogP contribution in [0.15, 0.2) is 0 Å². The number of nitrogens with one attached hydrogen (secondary N) is 1. The number of hydrogen-bond donors (Lipinski definition) is 1. The van der Waals surface area contributed by atoms with Crippen molar-refractivity contribution in [3.05, 3.63) is 0 Å². The van der Waals surface area contributed by atoms with E-state index in [4.69, 9.17) is 4.74 Å². The van der Waals surface area contributed by atoms with E-state index in [0.29, 0.717) is 6.47 Å². The summed E-state index contributed by atoms with van der Waals surface area (Å²) in [5.74, 6) is 0. The first-order chi connectivity index (χ1) is 4.43. The van der Waals surface area contributed by atoms with E-state index < -0.39 is 0 Å². The lowest BCUT2D eigenvalue weighted by Gasteiger charge is -2.20. The molecule has 0 unspecified atom stereocenters. The quantitative estimate of drug-likeness (QED) is 0.543. The lowest BCUT2D eigenvalue weighted by molar-refractivity contribution is -0.136. The molecule has 0 spiro atoms. The maximum absolute atomic E-state index is 9.81. The largest absolute Gasteiger partial charge is 0.449 e. The summed E-state index contributed by atoms with van der Waals surface area (Å²) in [4.78, 5) is 9.81. The topological polar surface area (TPSA) is 38.3 Å². The monoisotopic (exact) mass is 129 g/mol. The van der Waals surface area contributed by atoms with Gasteiger partial charge in [-0.3, -0.25) is 10.1 Å². The highest BCUT2D eigenvalue weighted by atomic mass is 16.5. The average Bonchev–Trinajstić information content (AvgIpc) is 1.91. The Hall–Kier alpha value is -0.570. The van der Waals surface area contributed by atoms with Crippen LogP contribution in [0.2, 0.25) is 0 Å². The van der Waals surface area contributed by atoms with Crippen LogP contribution in [0.25, 0.3) is 0 Å². The predicted octanol–water partition coefficient (Wildman–Crippen LogP) is 0.259. The minimum atomic E-state index is -0.0174. The lowest BCUT2D eigenvalue weighted by Crippen LogP contribution is -2.35. The van der Waals surface area contributed by atoms with Gasteiger partial charge in [-0.1, -0.05) is 0 Å². The molecule has 1 atom stereocenters. The Labute approximate surface area is 54.4 Å². The summed E-state index contributed by atoms with van der Waals surface area (Å²) in [6.45, 7) is 1.47. The number of hydrogen-bond acceptors (Lipinski definition) is 3. The molecule has 0 aromatic carbocycles. The predicted molar refractivity (Wildman–Crippen MR) is 32.8 cm³/mol. The summed E-state index contributed by atoms with van der Waals surface area (Å²) < 4.78 is 4.69. The minimum Gasteiger partial charge on any atom is -0.449 e. The van der Waals surface area contributed by atoms with E-state index >= 15 is 0 Å². The second-order valence-corrected chi connectivity index (χ2v) is 2.17. The zero-order valence-corrected chi connectivity index (χ0v) is 5.30. The average molecular weight is 129 g/mol. The molecule has 3 heteroatoms. The lowest BCUT2D eigenvalue weighted by atomic mass is 10.1. The molecule has 0 aromatic rings. The molecule has 1 heterocycles. The molecular formula is C6H11NO2. The number of carbonyl (C=O) groups is 1. The van der Waals surface area contributed by atoms with Crippen molar-refractivity contribution in [2.45, 2.75) is 25.5 Å². The normalized spacial score (nSPS) is 27.3. The molecule has 1 rings (SSSR count). The van der Waals surface area contributed by atoms with Crippen LogP contribution in [0.3, 0.4) is 0 Å². The molecule has 52 valence electrons. The van der Waals surface area contributed by atoms with Crippen molar-refractivity contribution < 1.29 is 9.53 Å². The highest BCUT2D eigenvalue weighted by Gasteiger charge is 2.11. The summed E-state index contributed by atoms with van der Waals surface area (Å²) in [6.07, 6.45) is 3.29. The van der Waals surface area contributed by atoms with E-state index in [9.17, 15) is 4.79 Å². The smallest absolute Gasteiger partial charge is 0.294 e. The molecule has 0 bridgehead atoms. The van der Waals surface area contributed by atoms with Crippen LogP contribution >= 0.6 is 0 Å². The van der Waals surface area contributed by atoms with Gasteiger partial charge in [0.1, 0.15) is 0 Å². The van der Waals surface area contributed by atoms with Gasteiger partial charge in [0.25, 0.3) is 6.47 Å². The fourth-order valence-corrected chi connectivity index (χ4v) is 1.00. The SMILES string of the molecule is O=CO[C@H]1CCCCN1. The van der Waals surface area contributed by atoms with Crippen LogP contribution in [-0.4, -0.2) is 19.2 Å². The first kappa shape index (κ1) is 6.55. The third-order valence-corrected chi connectivity index (χ3v) is 1.48. The highest BCUT2D eigenvalue weighted by Crippen LogP contribution is 2.06. The Kier molecular flexibility index (Phi) is 2.51. The van der Waals surface area contributed by atoms with Crippen molar-refractivity contribution in [1.82, 2.24) is 5.32 Å². The van der Waals surface area contributed by atoms with Crippen molar-refractivity contribution in [3.8, 4) is 0 Å². The fourth-order valence-electron chi connectivity index (χ4n) is 1.00. The maximum Gasteiger partial charge on any atom is 0.294 e. The van der Waals surface area contributed by atoms with E-state index in [1.54, 1.807) is 0 Å². The second-order valence-electron chi connectivity index (χ2n) is 2.17. The Balaban J connectivity index is 2.15. The minimum absolute atomic E-state index is 0.0174. The maximum atomic E-state index is 9.81. The van der Waals surface area contributed by atoms with E-state index in [0.717, 1.165) is 19.4 Å². The molecule has 0 amide bonds. The van der Waals surface area contributed by atoms with Crippen molar-refractivity contribution in [2.75, 3.05) is 6.54 Å². The second kappa shape index (κ2) is 3.45. The van der Waals surface area contributed by atoms with Gasteiger partial charge in [0.05, 0.1) is 0 Å². The molecule has 0 aliphatic carbocycles. The molecule has 1 aliphatic rings. The van der Waals surface area contributed by atoms with E-state index in [-0.39, 0.29) is 6.23 Å². The fraction of sp³-hybridized carbons (Fsp3) is 0.833. The standard InChI is InChI=1S/C6H11NO2/c8-5-9-6-3-1-2-4-7-6/h5-7H,1-4H2/t6-/m0/s1. The molecule has 3 nitrogen and oxygen atoms in total. The van der Waals surface area contributed by atoms with Crippen molar-refractivity contribution in [3.63, 3.8) is 0 Å². The van der Waals surface area contributed by atoms with Crippen LogP contribution in [0.5, 0.6) is 0 Å². The van der Waals surface area contributed by atoms with Crippen molar-refractivity contribution >= 4 is 6.47 Å². The van der Waals surface area contributed by atoms with Gasteiger partial charge < -0.3 is 4.74 Å². The van der Waals surface area contributed by atoms with Crippen LogP contribution in [0, 0.1) is 0 Å². The summed E-state index contributed by atoms with van der Waals surface area (Å²) in [5, 5.41) is 3.07. The summed E-state index contributed by atoms with van der Waals surface area (Å²) >= 11 is 0. The van der Waals surface area contributed by atoms with Crippen molar-refractivity contribution in [1.29, 1.82) is 0 Å². The molecule has 1 saturated heterocycles. The Morgan fingerprint density at radius 2 is 2.44 bits per heavy atom. The zero-order valence-electron chi connectivity index (χ0n) is 5.30. The van der Waals surface area contributed by atoms with Gasteiger partial charge in [0, 0.05) is 0 Å². The number of piperidine rings is 1. The third kappa shape index (κ3) is 2.01. The summed E-state index contributed by atoms with van der Waals surface area (Å²) in [5.41, 5.74) is 0. The molecule has 0 saturated carbocycles.